The molecule has 0 radical (unpaired) electrons. The number of benzene rings is 2. The van der Waals surface area contributed by atoms with Gasteiger partial charge in [-0.25, -0.2) is 8.42 Å². The molecule has 0 bridgehead atoms. The quantitative estimate of drug-likeness (QED) is 0.798. The minimum atomic E-state index is -3.70. The van der Waals surface area contributed by atoms with Gasteiger partial charge in [-0.3, -0.25) is 4.79 Å². The number of ether oxygens (including phenoxy) is 1. The van der Waals surface area contributed by atoms with Crippen molar-refractivity contribution in [3.8, 4) is 5.75 Å². The molecule has 1 fully saturated rings. The van der Waals surface area contributed by atoms with Crippen molar-refractivity contribution in [1.82, 2.24) is 4.31 Å². The molecule has 1 amide bonds. The van der Waals surface area contributed by atoms with E-state index in [-0.39, 0.29) is 27.5 Å². The standard InChI is InChI=1S/C22H28N2O4S/c1-22(2,3)17-8-10-18(11-9-17)23-21(25)16-7-12-19(28-4)20(15-16)29(26,27)24-13-5-6-14-24/h7-12,15H,5-6,13-14H2,1-4H3,(H,23,25). The molecular weight excluding hydrogens is 388 g/mol. The van der Waals surface area contributed by atoms with Crippen LogP contribution < -0.4 is 10.1 Å². The van der Waals surface area contributed by atoms with Gasteiger partial charge in [0.05, 0.1) is 7.11 Å². The molecule has 156 valence electrons. The Labute approximate surface area is 172 Å². The van der Waals surface area contributed by atoms with Crippen LogP contribution in [0, 0.1) is 0 Å². The van der Waals surface area contributed by atoms with Crippen LogP contribution in [0.3, 0.4) is 0 Å². The van der Waals surface area contributed by atoms with Crippen molar-refractivity contribution in [2.75, 3.05) is 25.5 Å². The van der Waals surface area contributed by atoms with Gasteiger partial charge in [0.15, 0.2) is 0 Å². The predicted molar refractivity (Wildman–Crippen MR) is 114 cm³/mol. The molecule has 3 rings (SSSR count). The molecule has 1 aliphatic heterocycles. The Morgan fingerprint density at radius 1 is 1.03 bits per heavy atom. The Bertz CT molecular complexity index is 986. The second-order valence-electron chi connectivity index (χ2n) is 8.26. The van der Waals surface area contributed by atoms with Gasteiger partial charge < -0.3 is 10.1 Å². The fourth-order valence-corrected chi connectivity index (χ4v) is 5.04. The van der Waals surface area contributed by atoms with Crippen molar-refractivity contribution in [3.05, 3.63) is 53.6 Å². The number of nitrogens with one attached hydrogen (secondary N) is 1. The highest BCUT2D eigenvalue weighted by atomic mass is 32.2. The monoisotopic (exact) mass is 416 g/mol. The SMILES string of the molecule is COc1ccc(C(=O)Nc2ccc(C(C)(C)C)cc2)cc1S(=O)(=O)N1CCCC1. The summed E-state index contributed by atoms with van der Waals surface area (Å²) >= 11 is 0. The highest BCUT2D eigenvalue weighted by Gasteiger charge is 2.30. The van der Waals surface area contributed by atoms with Crippen LogP contribution in [0.5, 0.6) is 5.75 Å². The third-order valence-corrected chi connectivity index (χ3v) is 7.04. The maximum atomic E-state index is 13.0. The van der Waals surface area contributed by atoms with E-state index in [1.165, 1.54) is 29.1 Å². The van der Waals surface area contributed by atoms with E-state index in [2.05, 4.69) is 26.1 Å². The van der Waals surface area contributed by atoms with Crippen LogP contribution in [0.15, 0.2) is 47.4 Å². The van der Waals surface area contributed by atoms with Crippen LogP contribution in [0.2, 0.25) is 0 Å². The van der Waals surface area contributed by atoms with Crippen LogP contribution in [0.1, 0.15) is 49.5 Å². The number of amides is 1. The molecule has 7 heteroatoms. The molecule has 1 heterocycles. The molecule has 0 unspecified atom stereocenters. The van der Waals surface area contributed by atoms with E-state index in [1.807, 2.05) is 24.3 Å². The van der Waals surface area contributed by atoms with Gasteiger partial charge in [-0.1, -0.05) is 32.9 Å². The van der Waals surface area contributed by atoms with E-state index in [0.717, 1.165) is 12.8 Å². The first-order chi connectivity index (χ1) is 13.6. The van der Waals surface area contributed by atoms with Crippen molar-refractivity contribution in [2.24, 2.45) is 0 Å². The van der Waals surface area contributed by atoms with Crippen molar-refractivity contribution >= 4 is 21.6 Å². The zero-order chi connectivity index (χ0) is 21.2. The van der Waals surface area contributed by atoms with Gasteiger partial charge in [-0.05, 0) is 54.2 Å². The van der Waals surface area contributed by atoms with E-state index in [4.69, 9.17) is 4.74 Å². The number of rotatable bonds is 5. The zero-order valence-electron chi connectivity index (χ0n) is 17.4. The first-order valence-corrected chi connectivity index (χ1v) is 11.2. The first-order valence-electron chi connectivity index (χ1n) is 9.73. The maximum absolute atomic E-state index is 13.0. The minimum absolute atomic E-state index is 0.0252. The average Bonchev–Trinajstić information content (AvgIpc) is 3.23. The average molecular weight is 417 g/mol. The van der Waals surface area contributed by atoms with Crippen LogP contribution in [0.25, 0.3) is 0 Å². The van der Waals surface area contributed by atoms with Gasteiger partial charge in [-0.2, -0.15) is 4.31 Å². The molecular formula is C22H28N2O4S. The van der Waals surface area contributed by atoms with E-state index >= 15 is 0 Å². The summed E-state index contributed by atoms with van der Waals surface area (Å²) in [6.45, 7) is 7.35. The van der Waals surface area contributed by atoms with Crippen LogP contribution in [-0.2, 0) is 15.4 Å². The van der Waals surface area contributed by atoms with Crippen LogP contribution >= 0.6 is 0 Å². The van der Waals surface area contributed by atoms with Crippen molar-refractivity contribution in [2.45, 2.75) is 43.9 Å². The van der Waals surface area contributed by atoms with Gasteiger partial charge in [0.1, 0.15) is 10.6 Å². The van der Waals surface area contributed by atoms with E-state index in [0.29, 0.717) is 18.8 Å². The largest absolute Gasteiger partial charge is 0.495 e. The summed E-state index contributed by atoms with van der Waals surface area (Å²) in [6.07, 6.45) is 1.68. The third kappa shape index (κ3) is 4.62. The number of hydrogen-bond acceptors (Lipinski definition) is 4. The van der Waals surface area contributed by atoms with E-state index < -0.39 is 10.0 Å². The fraction of sp³-hybridized carbons (Fsp3) is 0.409. The summed E-state index contributed by atoms with van der Waals surface area (Å²) < 4.78 is 32.7. The summed E-state index contributed by atoms with van der Waals surface area (Å²) in [5.74, 6) is -0.128. The fourth-order valence-electron chi connectivity index (χ4n) is 3.34. The Balaban J connectivity index is 1.86. The summed E-state index contributed by atoms with van der Waals surface area (Å²) in [6, 6.07) is 12.2. The smallest absolute Gasteiger partial charge is 0.255 e. The third-order valence-electron chi connectivity index (χ3n) is 5.12. The van der Waals surface area contributed by atoms with Crippen LogP contribution in [0.4, 0.5) is 5.69 Å². The molecule has 2 aromatic rings. The molecule has 0 aliphatic carbocycles. The molecule has 29 heavy (non-hydrogen) atoms. The molecule has 1 saturated heterocycles. The number of carbonyl (C=O) groups excluding carboxylic acids is 1. The Kier molecular flexibility index (Phi) is 6.00. The summed E-state index contributed by atoms with van der Waals surface area (Å²) in [5.41, 5.74) is 2.11. The lowest BCUT2D eigenvalue weighted by molar-refractivity contribution is 0.102. The van der Waals surface area contributed by atoms with Gasteiger partial charge >= 0.3 is 0 Å². The van der Waals surface area contributed by atoms with Crippen LogP contribution in [-0.4, -0.2) is 38.8 Å². The van der Waals surface area contributed by atoms with Gasteiger partial charge in [0.25, 0.3) is 5.91 Å². The van der Waals surface area contributed by atoms with Crippen molar-refractivity contribution in [1.29, 1.82) is 0 Å². The molecule has 6 nitrogen and oxygen atoms in total. The number of carbonyl (C=O) groups is 1. The molecule has 1 aliphatic rings. The van der Waals surface area contributed by atoms with Gasteiger partial charge in [0.2, 0.25) is 10.0 Å². The number of anilines is 1. The predicted octanol–water partition coefficient (Wildman–Crippen LogP) is 4.03. The Morgan fingerprint density at radius 3 is 2.21 bits per heavy atom. The molecule has 2 aromatic carbocycles. The first kappa shape index (κ1) is 21.3. The highest BCUT2D eigenvalue weighted by Crippen LogP contribution is 2.30. The topological polar surface area (TPSA) is 75.7 Å². The lowest BCUT2D eigenvalue weighted by atomic mass is 9.87. The van der Waals surface area contributed by atoms with E-state index in [9.17, 15) is 13.2 Å². The maximum Gasteiger partial charge on any atom is 0.255 e. The minimum Gasteiger partial charge on any atom is -0.495 e. The van der Waals surface area contributed by atoms with Crippen molar-refractivity contribution in [3.63, 3.8) is 0 Å². The molecule has 0 spiro atoms. The second kappa shape index (κ2) is 8.16. The molecule has 0 saturated carbocycles. The molecule has 1 N–H and O–H groups in total. The summed E-state index contributed by atoms with van der Waals surface area (Å²) in [4.78, 5) is 12.8. The van der Waals surface area contributed by atoms with Crippen molar-refractivity contribution < 1.29 is 17.9 Å². The highest BCUT2D eigenvalue weighted by molar-refractivity contribution is 7.89. The van der Waals surface area contributed by atoms with E-state index in [1.54, 1.807) is 6.07 Å². The lowest BCUT2D eigenvalue weighted by Gasteiger charge is -2.19. The lowest BCUT2D eigenvalue weighted by Crippen LogP contribution is -2.28. The number of hydrogen-bond donors (Lipinski definition) is 1. The zero-order valence-corrected chi connectivity index (χ0v) is 18.2. The number of sulfonamides is 1. The second-order valence-corrected chi connectivity index (χ2v) is 10.2. The van der Waals surface area contributed by atoms with Gasteiger partial charge in [0, 0.05) is 24.3 Å². The Morgan fingerprint density at radius 2 is 1.66 bits per heavy atom. The normalized spacial score (nSPS) is 15.3. The number of nitrogens with zero attached hydrogens (tertiary/aromatic N) is 1. The summed E-state index contributed by atoms with van der Waals surface area (Å²) in [7, 11) is -2.28. The summed E-state index contributed by atoms with van der Waals surface area (Å²) in [5, 5.41) is 2.83. The van der Waals surface area contributed by atoms with Gasteiger partial charge in [-0.15, -0.1) is 0 Å². The molecule has 0 atom stereocenters. The number of methoxy groups -OCH3 is 1. The Hall–Kier alpha value is -2.38. The molecule has 0 aromatic heterocycles.